The van der Waals surface area contributed by atoms with E-state index in [0.29, 0.717) is 28.7 Å². The Bertz CT molecular complexity index is 1250. The SMILES string of the molecule is CC(=O)c1ccc2nc(-c3ccc(Oc4cccc(OCC5CC5)c4)cc3)oc2c1C. The van der Waals surface area contributed by atoms with Crippen LogP contribution in [0.25, 0.3) is 22.6 Å². The van der Waals surface area contributed by atoms with Crippen LogP contribution in [0.15, 0.2) is 65.1 Å². The lowest BCUT2D eigenvalue weighted by Crippen LogP contribution is -1.98. The summed E-state index contributed by atoms with van der Waals surface area (Å²) in [5, 5.41) is 0. The number of ketones is 1. The van der Waals surface area contributed by atoms with Crippen LogP contribution < -0.4 is 9.47 Å². The molecule has 5 heteroatoms. The van der Waals surface area contributed by atoms with Crippen LogP contribution in [0.1, 0.15) is 35.7 Å². The fourth-order valence-corrected chi connectivity index (χ4v) is 3.56. The highest BCUT2D eigenvalue weighted by Gasteiger charge is 2.22. The van der Waals surface area contributed by atoms with Gasteiger partial charge in [0, 0.05) is 22.8 Å². The Kier molecular flexibility index (Phi) is 4.94. The summed E-state index contributed by atoms with van der Waals surface area (Å²) in [5.74, 6) is 3.51. The summed E-state index contributed by atoms with van der Waals surface area (Å²) in [6.07, 6.45) is 2.53. The molecule has 1 fully saturated rings. The highest BCUT2D eigenvalue weighted by molar-refractivity contribution is 5.99. The zero-order valence-electron chi connectivity index (χ0n) is 17.6. The number of benzene rings is 3. The maximum Gasteiger partial charge on any atom is 0.227 e. The Morgan fingerprint density at radius 3 is 2.55 bits per heavy atom. The van der Waals surface area contributed by atoms with Crippen molar-refractivity contribution < 1.29 is 18.7 Å². The number of oxazole rings is 1. The summed E-state index contributed by atoms with van der Waals surface area (Å²) in [7, 11) is 0. The van der Waals surface area contributed by atoms with Gasteiger partial charge in [0.25, 0.3) is 0 Å². The third-order valence-corrected chi connectivity index (χ3v) is 5.51. The summed E-state index contributed by atoms with van der Waals surface area (Å²) in [4.78, 5) is 16.4. The van der Waals surface area contributed by atoms with Crippen molar-refractivity contribution in [3.05, 3.63) is 71.8 Å². The molecule has 5 rings (SSSR count). The molecule has 1 aliphatic carbocycles. The summed E-state index contributed by atoms with van der Waals surface area (Å²) < 4.78 is 17.8. The van der Waals surface area contributed by atoms with E-state index in [1.807, 2.05) is 61.5 Å². The zero-order valence-corrected chi connectivity index (χ0v) is 17.6. The van der Waals surface area contributed by atoms with Crippen LogP contribution in [-0.4, -0.2) is 17.4 Å². The molecule has 4 aromatic rings. The van der Waals surface area contributed by atoms with E-state index in [0.717, 1.165) is 34.7 Å². The average Bonchev–Trinajstić information content (AvgIpc) is 3.49. The number of Topliss-reactive ketones (excluding diaryl/α,β-unsaturated/α-hetero) is 1. The highest BCUT2D eigenvalue weighted by atomic mass is 16.5. The normalized spacial score (nSPS) is 13.4. The molecule has 0 saturated heterocycles. The van der Waals surface area contributed by atoms with Crippen LogP contribution in [0, 0.1) is 12.8 Å². The van der Waals surface area contributed by atoms with Crippen LogP contribution in [0.2, 0.25) is 0 Å². The number of ether oxygens (including phenoxy) is 2. The number of carbonyl (C=O) groups is 1. The standard InChI is InChI=1S/C26H23NO4/c1-16-23(17(2)28)12-13-24-25(16)31-26(27-24)19-8-10-20(11-9-19)30-22-5-3-4-21(14-22)29-15-18-6-7-18/h3-5,8-14,18H,6-7,15H2,1-2H3. The molecule has 1 aliphatic rings. The monoisotopic (exact) mass is 413 g/mol. The first-order chi connectivity index (χ1) is 15.1. The first-order valence-electron chi connectivity index (χ1n) is 10.5. The highest BCUT2D eigenvalue weighted by Crippen LogP contribution is 2.32. The molecule has 0 aliphatic heterocycles. The van der Waals surface area contributed by atoms with E-state index >= 15 is 0 Å². The fourth-order valence-electron chi connectivity index (χ4n) is 3.56. The van der Waals surface area contributed by atoms with Crippen LogP contribution >= 0.6 is 0 Å². The van der Waals surface area contributed by atoms with E-state index in [4.69, 9.17) is 13.9 Å². The Morgan fingerprint density at radius 1 is 1.03 bits per heavy atom. The predicted molar refractivity (Wildman–Crippen MR) is 119 cm³/mol. The number of rotatable bonds is 7. The fraction of sp³-hybridized carbons (Fsp3) is 0.231. The van der Waals surface area contributed by atoms with Gasteiger partial charge in [-0.05, 0) is 81.1 Å². The maximum atomic E-state index is 11.8. The van der Waals surface area contributed by atoms with E-state index < -0.39 is 0 Å². The van der Waals surface area contributed by atoms with Gasteiger partial charge in [0.05, 0.1) is 6.61 Å². The number of fused-ring (bicyclic) bond motifs is 1. The maximum absolute atomic E-state index is 11.8. The van der Waals surface area contributed by atoms with Crippen molar-refractivity contribution in [2.24, 2.45) is 5.92 Å². The van der Waals surface area contributed by atoms with E-state index in [2.05, 4.69) is 4.98 Å². The summed E-state index contributed by atoms with van der Waals surface area (Å²) in [5.41, 5.74) is 3.69. The second-order valence-electron chi connectivity index (χ2n) is 8.02. The lowest BCUT2D eigenvalue weighted by atomic mass is 10.0. The van der Waals surface area contributed by atoms with Gasteiger partial charge in [0.15, 0.2) is 11.4 Å². The number of hydrogen-bond acceptors (Lipinski definition) is 5. The molecule has 0 bridgehead atoms. The van der Waals surface area contributed by atoms with Gasteiger partial charge in [-0.2, -0.15) is 0 Å². The number of aryl methyl sites for hydroxylation is 1. The lowest BCUT2D eigenvalue weighted by Gasteiger charge is -2.09. The second kappa shape index (κ2) is 7.91. The molecule has 156 valence electrons. The van der Waals surface area contributed by atoms with Crippen LogP contribution in [0.5, 0.6) is 17.2 Å². The van der Waals surface area contributed by atoms with Gasteiger partial charge in [-0.25, -0.2) is 4.98 Å². The summed E-state index contributed by atoms with van der Waals surface area (Å²) >= 11 is 0. The molecule has 0 N–H and O–H groups in total. The lowest BCUT2D eigenvalue weighted by molar-refractivity contribution is 0.101. The third kappa shape index (κ3) is 4.17. The van der Waals surface area contributed by atoms with Gasteiger partial charge < -0.3 is 13.9 Å². The number of carbonyl (C=O) groups excluding carboxylic acids is 1. The molecule has 0 amide bonds. The van der Waals surface area contributed by atoms with Crippen molar-refractivity contribution in [3.8, 4) is 28.7 Å². The van der Waals surface area contributed by atoms with E-state index in [1.165, 1.54) is 12.8 Å². The van der Waals surface area contributed by atoms with Crippen molar-refractivity contribution in [1.29, 1.82) is 0 Å². The average molecular weight is 413 g/mol. The van der Waals surface area contributed by atoms with Crippen LogP contribution in [0.3, 0.4) is 0 Å². The van der Waals surface area contributed by atoms with Gasteiger partial charge in [-0.15, -0.1) is 0 Å². The smallest absolute Gasteiger partial charge is 0.227 e. The molecule has 0 radical (unpaired) electrons. The van der Waals surface area contributed by atoms with Crippen molar-refractivity contribution in [2.45, 2.75) is 26.7 Å². The minimum absolute atomic E-state index is 0.0147. The first-order valence-corrected chi connectivity index (χ1v) is 10.5. The topological polar surface area (TPSA) is 61.6 Å². The first kappa shape index (κ1) is 19.4. The summed E-state index contributed by atoms with van der Waals surface area (Å²) in [6, 6.07) is 18.9. The molecule has 1 saturated carbocycles. The van der Waals surface area contributed by atoms with Gasteiger partial charge in [0.2, 0.25) is 5.89 Å². The van der Waals surface area contributed by atoms with Crippen LogP contribution in [-0.2, 0) is 0 Å². The van der Waals surface area contributed by atoms with Gasteiger partial charge in [0.1, 0.15) is 22.8 Å². The summed E-state index contributed by atoms with van der Waals surface area (Å²) in [6.45, 7) is 4.21. The van der Waals surface area contributed by atoms with Crippen molar-refractivity contribution >= 4 is 16.9 Å². The molecule has 31 heavy (non-hydrogen) atoms. The van der Waals surface area contributed by atoms with E-state index in [9.17, 15) is 4.79 Å². The van der Waals surface area contributed by atoms with E-state index in [1.54, 1.807) is 13.0 Å². The Labute approximate surface area is 180 Å². The minimum Gasteiger partial charge on any atom is -0.493 e. The number of hydrogen-bond donors (Lipinski definition) is 0. The molecular weight excluding hydrogens is 390 g/mol. The molecule has 0 spiro atoms. The zero-order chi connectivity index (χ0) is 21.4. The van der Waals surface area contributed by atoms with Gasteiger partial charge in [-0.3, -0.25) is 4.79 Å². The Hall–Kier alpha value is -3.60. The largest absolute Gasteiger partial charge is 0.493 e. The Morgan fingerprint density at radius 2 is 1.81 bits per heavy atom. The molecule has 3 aromatic carbocycles. The Balaban J connectivity index is 1.33. The molecule has 0 unspecified atom stereocenters. The third-order valence-electron chi connectivity index (χ3n) is 5.51. The van der Waals surface area contributed by atoms with Gasteiger partial charge >= 0.3 is 0 Å². The van der Waals surface area contributed by atoms with Crippen molar-refractivity contribution in [2.75, 3.05) is 6.61 Å². The molecule has 1 heterocycles. The van der Waals surface area contributed by atoms with E-state index in [-0.39, 0.29) is 5.78 Å². The molecular formula is C26H23NO4. The molecule has 0 atom stereocenters. The predicted octanol–water partition coefficient (Wildman–Crippen LogP) is 6.59. The van der Waals surface area contributed by atoms with Crippen LogP contribution in [0.4, 0.5) is 0 Å². The quantitative estimate of drug-likeness (QED) is 0.320. The number of nitrogens with zero attached hydrogens (tertiary/aromatic N) is 1. The van der Waals surface area contributed by atoms with Gasteiger partial charge in [-0.1, -0.05) is 6.07 Å². The number of aromatic nitrogens is 1. The minimum atomic E-state index is 0.0147. The molecule has 1 aromatic heterocycles. The van der Waals surface area contributed by atoms with Crippen molar-refractivity contribution in [1.82, 2.24) is 4.98 Å². The molecule has 5 nitrogen and oxygen atoms in total. The van der Waals surface area contributed by atoms with Crippen molar-refractivity contribution in [3.63, 3.8) is 0 Å². The second-order valence-corrected chi connectivity index (χ2v) is 8.02.